The van der Waals surface area contributed by atoms with E-state index < -0.39 is 13.9 Å². The van der Waals surface area contributed by atoms with Gasteiger partial charge in [0.25, 0.3) is 0 Å². The summed E-state index contributed by atoms with van der Waals surface area (Å²) in [6.07, 6.45) is -0.856. The number of benzene rings is 2. The maximum atomic E-state index is 11.9. The number of hydrogen-bond acceptors (Lipinski definition) is 2. The number of rotatable bonds is 4. The van der Waals surface area contributed by atoms with Crippen molar-refractivity contribution in [3.63, 3.8) is 0 Å². The molecule has 0 fully saturated rings. The van der Waals surface area contributed by atoms with Crippen molar-refractivity contribution in [1.82, 2.24) is 0 Å². The molecule has 2 rings (SSSR count). The molecule has 0 saturated heterocycles. The Kier molecular flexibility index (Phi) is 6.33. The summed E-state index contributed by atoms with van der Waals surface area (Å²) in [7, 11) is -4.72. The second kappa shape index (κ2) is 7.76. The molecule has 0 aliphatic heterocycles. The summed E-state index contributed by atoms with van der Waals surface area (Å²) in [5, 5.41) is 0. The standard InChI is InChI=1S/C23H33O4P/c1-15-9-11-17(19(13-15)22(3,4)5)21(27-28(24,25)26)18-12-10-16(2)14-20(18)23(6,7)8/h9-14,21H,1-8H3,(H2,24,25,26). The van der Waals surface area contributed by atoms with Crippen molar-refractivity contribution in [3.8, 4) is 0 Å². The van der Waals surface area contributed by atoms with Gasteiger partial charge in [-0.15, -0.1) is 0 Å². The van der Waals surface area contributed by atoms with Crippen LogP contribution in [0.5, 0.6) is 0 Å². The molecule has 2 N–H and O–H groups in total. The Balaban J connectivity index is 2.83. The van der Waals surface area contributed by atoms with Crippen molar-refractivity contribution < 1.29 is 18.9 Å². The van der Waals surface area contributed by atoms with Crippen LogP contribution < -0.4 is 0 Å². The fourth-order valence-corrected chi connectivity index (χ4v) is 4.02. The first kappa shape index (κ1) is 22.8. The Bertz CT molecular complexity index is 834. The molecule has 0 amide bonds. The maximum absolute atomic E-state index is 11.9. The molecule has 0 atom stereocenters. The second-order valence-corrected chi connectivity index (χ2v) is 10.8. The normalized spacial score (nSPS) is 13.2. The summed E-state index contributed by atoms with van der Waals surface area (Å²) in [6, 6.07) is 12.0. The summed E-state index contributed by atoms with van der Waals surface area (Å²) in [6.45, 7) is 16.6. The molecular formula is C23H33O4P. The molecule has 0 spiro atoms. The summed E-state index contributed by atoms with van der Waals surface area (Å²) >= 11 is 0. The molecule has 2 aromatic rings. The van der Waals surface area contributed by atoms with E-state index in [1.165, 1.54) is 0 Å². The molecule has 5 heteroatoms. The Morgan fingerprint density at radius 3 is 1.43 bits per heavy atom. The van der Waals surface area contributed by atoms with Crippen molar-refractivity contribution in [2.24, 2.45) is 0 Å². The van der Waals surface area contributed by atoms with Crippen LogP contribution in [0.2, 0.25) is 0 Å². The molecule has 0 heterocycles. The van der Waals surface area contributed by atoms with Gasteiger partial charge in [0.2, 0.25) is 0 Å². The molecule has 0 bridgehead atoms. The summed E-state index contributed by atoms with van der Waals surface area (Å²) in [5.41, 5.74) is 5.41. The summed E-state index contributed by atoms with van der Waals surface area (Å²) < 4.78 is 17.3. The molecule has 28 heavy (non-hydrogen) atoms. The van der Waals surface area contributed by atoms with Gasteiger partial charge in [0.1, 0.15) is 6.10 Å². The Labute approximate surface area is 169 Å². The zero-order chi connectivity index (χ0) is 21.5. The number of phosphoric ester groups is 1. The van der Waals surface area contributed by atoms with Crippen LogP contribution in [0.4, 0.5) is 0 Å². The van der Waals surface area contributed by atoms with Gasteiger partial charge in [-0.3, -0.25) is 4.52 Å². The van der Waals surface area contributed by atoms with Gasteiger partial charge >= 0.3 is 7.82 Å². The van der Waals surface area contributed by atoms with Gasteiger partial charge < -0.3 is 9.79 Å². The predicted octanol–water partition coefficient (Wildman–Crippen LogP) is 6.10. The third kappa shape index (κ3) is 5.55. The van der Waals surface area contributed by atoms with E-state index >= 15 is 0 Å². The largest absolute Gasteiger partial charge is 0.470 e. The topological polar surface area (TPSA) is 66.8 Å². The lowest BCUT2D eigenvalue weighted by molar-refractivity contribution is 0.155. The molecule has 0 radical (unpaired) electrons. The monoisotopic (exact) mass is 404 g/mol. The van der Waals surface area contributed by atoms with Crippen LogP contribution >= 0.6 is 7.82 Å². The van der Waals surface area contributed by atoms with E-state index in [0.29, 0.717) is 0 Å². The molecule has 4 nitrogen and oxygen atoms in total. The van der Waals surface area contributed by atoms with Gasteiger partial charge in [0, 0.05) is 0 Å². The van der Waals surface area contributed by atoms with Gasteiger partial charge in [-0.05, 0) is 46.9 Å². The van der Waals surface area contributed by atoms with E-state index in [1.54, 1.807) is 0 Å². The zero-order valence-electron chi connectivity index (χ0n) is 18.2. The van der Waals surface area contributed by atoms with Crippen LogP contribution in [0.25, 0.3) is 0 Å². The minimum Gasteiger partial charge on any atom is -0.303 e. The smallest absolute Gasteiger partial charge is 0.303 e. The number of phosphoric acid groups is 1. The van der Waals surface area contributed by atoms with Crippen molar-refractivity contribution in [2.75, 3.05) is 0 Å². The minimum absolute atomic E-state index is 0.204. The van der Waals surface area contributed by atoms with E-state index in [2.05, 4.69) is 53.7 Å². The summed E-state index contributed by atoms with van der Waals surface area (Å²) in [4.78, 5) is 19.4. The lowest BCUT2D eigenvalue weighted by Crippen LogP contribution is -2.21. The molecule has 0 aromatic heterocycles. The molecule has 0 saturated carbocycles. The molecule has 0 aliphatic carbocycles. The second-order valence-electron chi connectivity index (χ2n) is 9.66. The average Bonchev–Trinajstić information content (AvgIpc) is 2.50. The number of aryl methyl sites for hydroxylation is 2. The van der Waals surface area contributed by atoms with Crippen LogP contribution in [0, 0.1) is 13.8 Å². The third-order valence-corrected chi connectivity index (χ3v) is 5.33. The molecule has 0 unspecified atom stereocenters. The zero-order valence-corrected chi connectivity index (χ0v) is 19.1. The first-order chi connectivity index (χ1) is 12.6. The van der Waals surface area contributed by atoms with E-state index in [-0.39, 0.29) is 10.8 Å². The molecule has 0 aliphatic rings. The maximum Gasteiger partial charge on any atom is 0.470 e. The van der Waals surface area contributed by atoms with Gasteiger partial charge in [-0.25, -0.2) is 4.57 Å². The Hall–Kier alpha value is -1.45. The van der Waals surface area contributed by atoms with Gasteiger partial charge in [0.05, 0.1) is 0 Å². The summed E-state index contributed by atoms with van der Waals surface area (Å²) in [5.74, 6) is 0. The highest BCUT2D eigenvalue weighted by atomic mass is 31.2. The quantitative estimate of drug-likeness (QED) is 0.605. The predicted molar refractivity (Wildman–Crippen MR) is 115 cm³/mol. The van der Waals surface area contributed by atoms with Crippen LogP contribution in [0.15, 0.2) is 36.4 Å². The third-order valence-electron chi connectivity index (χ3n) is 4.84. The number of hydrogen-bond donors (Lipinski definition) is 2. The van der Waals surface area contributed by atoms with Gasteiger partial charge in [-0.2, -0.15) is 0 Å². The highest BCUT2D eigenvalue weighted by Gasteiger charge is 2.33. The molecule has 154 valence electrons. The van der Waals surface area contributed by atoms with Gasteiger partial charge in [-0.1, -0.05) is 89.1 Å². The van der Waals surface area contributed by atoms with Crippen molar-refractivity contribution in [3.05, 3.63) is 69.8 Å². The van der Waals surface area contributed by atoms with Crippen molar-refractivity contribution in [1.29, 1.82) is 0 Å². The van der Waals surface area contributed by atoms with Gasteiger partial charge in [0.15, 0.2) is 0 Å². The highest BCUT2D eigenvalue weighted by Crippen LogP contribution is 2.48. The minimum atomic E-state index is -4.72. The molecule has 2 aromatic carbocycles. The fourth-order valence-electron chi connectivity index (χ4n) is 3.51. The van der Waals surface area contributed by atoms with Crippen LogP contribution in [-0.4, -0.2) is 9.79 Å². The SMILES string of the molecule is Cc1ccc(C(OP(=O)(O)O)c2ccc(C)cc2C(C)(C)C)c(C(C)(C)C)c1. The van der Waals surface area contributed by atoms with E-state index in [4.69, 9.17) is 4.52 Å². The Morgan fingerprint density at radius 1 is 0.786 bits per heavy atom. The first-order valence-corrected chi connectivity index (χ1v) is 11.1. The van der Waals surface area contributed by atoms with E-state index in [0.717, 1.165) is 33.4 Å². The highest BCUT2D eigenvalue weighted by molar-refractivity contribution is 7.46. The van der Waals surface area contributed by atoms with Crippen molar-refractivity contribution >= 4 is 7.82 Å². The average molecular weight is 404 g/mol. The molecular weight excluding hydrogens is 371 g/mol. The van der Waals surface area contributed by atoms with Crippen molar-refractivity contribution in [2.45, 2.75) is 72.3 Å². The lowest BCUT2D eigenvalue weighted by Gasteiger charge is -2.32. The van der Waals surface area contributed by atoms with Crippen LogP contribution in [-0.2, 0) is 19.9 Å². The Morgan fingerprint density at radius 2 is 1.14 bits per heavy atom. The lowest BCUT2D eigenvalue weighted by atomic mass is 9.77. The fraction of sp³-hybridized carbons (Fsp3) is 0.478. The van der Waals surface area contributed by atoms with E-state index in [1.807, 2.05) is 38.1 Å². The van der Waals surface area contributed by atoms with Crippen LogP contribution in [0.1, 0.15) is 81.0 Å². The first-order valence-electron chi connectivity index (χ1n) is 9.55. The van der Waals surface area contributed by atoms with E-state index in [9.17, 15) is 14.4 Å². The van der Waals surface area contributed by atoms with Crippen LogP contribution in [0.3, 0.4) is 0 Å².